The number of carbonyl (C=O) groups excluding carboxylic acids is 1. The lowest BCUT2D eigenvalue weighted by molar-refractivity contribution is -0.254. The number of nitrogens with zero attached hydrogens (tertiary/aromatic N) is 1. The first-order chi connectivity index (χ1) is 15.2. The van der Waals surface area contributed by atoms with Crippen LogP contribution in [0.3, 0.4) is 0 Å². The number of amides is 1. The molecule has 6 nitrogen and oxygen atoms in total. The highest BCUT2D eigenvalue weighted by atomic mass is 35.5. The van der Waals surface area contributed by atoms with Crippen LogP contribution in [0, 0.1) is 6.92 Å². The molecule has 0 radical (unpaired) electrons. The molecule has 11 heteroatoms. The molecule has 0 bridgehead atoms. The number of benzene rings is 2. The van der Waals surface area contributed by atoms with Gasteiger partial charge in [-0.3, -0.25) is 4.79 Å². The third kappa shape index (κ3) is 4.71. The lowest BCUT2D eigenvalue weighted by Crippen LogP contribution is -2.57. The molecule has 0 saturated heterocycles. The molecule has 3 aromatic rings. The van der Waals surface area contributed by atoms with Crippen molar-refractivity contribution >= 4 is 45.6 Å². The Labute approximate surface area is 196 Å². The fourth-order valence-corrected chi connectivity index (χ4v) is 4.17. The van der Waals surface area contributed by atoms with Gasteiger partial charge < -0.3 is 14.9 Å². The summed E-state index contributed by atoms with van der Waals surface area (Å²) < 4.78 is 46.7. The second kappa shape index (κ2) is 8.62. The SMILES string of the molecule is Cc1noc(=O)c2ccc(NC(=O)C(O)(CC(C)(C)c3cccc(Cl)c3Cl)C(F)(F)F)cc12. The van der Waals surface area contributed by atoms with E-state index in [4.69, 9.17) is 23.2 Å². The number of aryl methyl sites for hydroxylation is 1. The standard InChI is InChI=1S/C22H19Cl2F3N2O4/c1-11-14-9-12(7-8-13(14)18(30)33-29-11)28-19(31)21(32,22(25,26)27)10-20(2,3)15-5-4-6-16(23)17(15)24/h4-9,32H,10H2,1-3H3,(H,28,31). The Balaban J connectivity index is 1.99. The Bertz CT molecular complexity index is 1290. The van der Waals surface area contributed by atoms with E-state index in [0.717, 1.165) is 0 Å². The van der Waals surface area contributed by atoms with Gasteiger partial charge in [0.2, 0.25) is 5.60 Å². The third-order valence-electron chi connectivity index (χ3n) is 5.38. The predicted molar refractivity (Wildman–Crippen MR) is 119 cm³/mol. The number of rotatable bonds is 5. The number of anilines is 1. The van der Waals surface area contributed by atoms with Gasteiger partial charge >= 0.3 is 11.8 Å². The molecule has 1 unspecified atom stereocenters. The quantitative estimate of drug-likeness (QED) is 0.487. The number of alkyl halides is 3. The van der Waals surface area contributed by atoms with Crippen LogP contribution in [0.2, 0.25) is 10.0 Å². The van der Waals surface area contributed by atoms with Crippen LogP contribution in [0.5, 0.6) is 0 Å². The Hall–Kier alpha value is -2.62. The summed E-state index contributed by atoms with van der Waals surface area (Å²) in [4.78, 5) is 24.6. The molecule has 176 valence electrons. The number of carbonyl (C=O) groups is 1. The number of fused-ring (bicyclic) bond motifs is 1. The lowest BCUT2D eigenvalue weighted by Gasteiger charge is -2.37. The Kier molecular flexibility index (Phi) is 6.54. The average Bonchev–Trinajstić information content (AvgIpc) is 2.71. The zero-order valence-corrected chi connectivity index (χ0v) is 19.2. The molecule has 0 aliphatic carbocycles. The van der Waals surface area contributed by atoms with E-state index >= 15 is 0 Å². The largest absolute Gasteiger partial charge is 0.426 e. The van der Waals surface area contributed by atoms with Crippen LogP contribution < -0.4 is 10.9 Å². The molecular weight excluding hydrogens is 484 g/mol. The van der Waals surface area contributed by atoms with E-state index in [1.807, 2.05) is 0 Å². The summed E-state index contributed by atoms with van der Waals surface area (Å²) in [6.45, 7) is 4.36. The number of halogens is 5. The first kappa shape index (κ1) is 25.0. The van der Waals surface area contributed by atoms with Gasteiger partial charge in [-0.25, -0.2) is 4.79 Å². The molecule has 0 spiro atoms. The van der Waals surface area contributed by atoms with E-state index in [2.05, 4.69) is 15.0 Å². The van der Waals surface area contributed by atoms with Gasteiger partial charge in [-0.1, -0.05) is 54.3 Å². The maximum absolute atomic E-state index is 14.0. The van der Waals surface area contributed by atoms with Crippen molar-refractivity contribution in [1.82, 2.24) is 5.16 Å². The van der Waals surface area contributed by atoms with Gasteiger partial charge in [-0.05, 0) is 42.2 Å². The monoisotopic (exact) mass is 502 g/mol. The highest BCUT2D eigenvalue weighted by Crippen LogP contribution is 2.44. The van der Waals surface area contributed by atoms with E-state index in [1.165, 1.54) is 57.2 Å². The smallest absolute Gasteiger partial charge is 0.373 e. The number of nitrogens with one attached hydrogen (secondary N) is 1. The van der Waals surface area contributed by atoms with Crippen LogP contribution >= 0.6 is 23.2 Å². The van der Waals surface area contributed by atoms with Gasteiger partial charge in [-0.15, -0.1) is 0 Å². The van der Waals surface area contributed by atoms with Crippen LogP contribution in [0.4, 0.5) is 18.9 Å². The van der Waals surface area contributed by atoms with E-state index in [-0.39, 0.29) is 32.1 Å². The maximum Gasteiger partial charge on any atom is 0.426 e. The lowest BCUT2D eigenvalue weighted by atomic mass is 9.74. The Morgan fingerprint density at radius 1 is 1.15 bits per heavy atom. The van der Waals surface area contributed by atoms with Gasteiger partial charge in [0.25, 0.3) is 5.91 Å². The molecule has 2 N–H and O–H groups in total. The summed E-state index contributed by atoms with van der Waals surface area (Å²) in [5, 5.41) is 16.9. The zero-order valence-electron chi connectivity index (χ0n) is 17.7. The fraction of sp³-hybridized carbons (Fsp3) is 0.318. The van der Waals surface area contributed by atoms with E-state index in [0.29, 0.717) is 5.69 Å². The van der Waals surface area contributed by atoms with Crippen molar-refractivity contribution in [3.05, 3.63) is 68.1 Å². The summed E-state index contributed by atoms with van der Waals surface area (Å²) in [7, 11) is 0. The van der Waals surface area contributed by atoms with Crippen molar-refractivity contribution in [1.29, 1.82) is 0 Å². The van der Waals surface area contributed by atoms with Crippen molar-refractivity contribution in [2.75, 3.05) is 5.32 Å². The van der Waals surface area contributed by atoms with Crippen molar-refractivity contribution in [3.8, 4) is 0 Å². The van der Waals surface area contributed by atoms with Crippen molar-refractivity contribution < 1.29 is 27.6 Å². The summed E-state index contributed by atoms with van der Waals surface area (Å²) >= 11 is 12.2. The molecule has 3 rings (SSSR count). The summed E-state index contributed by atoms with van der Waals surface area (Å²) in [5.41, 5.74) is -5.42. The van der Waals surface area contributed by atoms with E-state index in [1.54, 1.807) is 0 Å². The first-order valence-electron chi connectivity index (χ1n) is 9.63. The minimum atomic E-state index is -5.31. The van der Waals surface area contributed by atoms with Crippen molar-refractivity contribution in [3.63, 3.8) is 0 Å². The molecule has 0 saturated carbocycles. The number of aromatic nitrogens is 1. The molecule has 0 aliphatic heterocycles. The first-order valence-corrected chi connectivity index (χ1v) is 10.4. The third-order valence-corrected chi connectivity index (χ3v) is 6.19. The second-order valence-corrected chi connectivity index (χ2v) is 9.08. The molecule has 1 atom stereocenters. The number of hydrogen-bond acceptors (Lipinski definition) is 5. The maximum atomic E-state index is 14.0. The van der Waals surface area contributed by atoms with E-state index < -0.39 is 35.1 Å². The number of hydrogen-bond donors (Lipinski definition) is 2. The topological polar surface area (TPSA) is 92.4 Å². The Morgan fingerprint density at radius 2 is 1.82 bits per heavy atom. The molecular formula is C22H19Cl2F3N2O4. The highest BCUT2D eigenvalue weighted by molar-refractivity contribution is 6.42. The minimum Gasteiger partial charge on any atom is -0.373 e. The van der Waals surface area contributed by atoms with Gasteiger partial charge in [0.1, 0.15) is 0 Å². The fourth-order valence-electron chi connectivity index (χ4n) is 3.61. The molecule has 1 amide bonds. The van der Waals surface area contributed by atoms with E-state index in [9.17, 15) is 27.9 Å². The highest BCUT2D eigenvalue weighted by Gasteiger charge is 2.61. The molecule has 33 heavy (non-hydrogen) atoms. The Morgan fingerprint density at radius 3 is 2.45 bits per heavy atom. The molecule has 2 aromatic carbocycles. The van der Waals surface area contributed by atoms with Gasteiger partial charge in [0.15, 0.2) is 0 Å². The van der Waals surface area contributed by atoms with Crippen LogP contribution in [-0.4, -0.2) is 27.9 Å². The van der Waals surface area contributed by atoms with Gasteiger partial charge in [0, 0.05) is 17.5 Å². The van der Waals surface area contributed by atoms with Crippen LogP contribution in [0.25, 0.3) is 10.8 Å². The van der Waals surface area contributed by atoms with Crippen LogP contribution in [0.15, 0.2) is 45.7 Å². The summed E-state index contributed by atoms with van der Waals surface area (Å²) in [5.74, 6) is -1.69. The number of aliphatic hydroxyl groups is 1. The normalized spacial score (nSPS) is 14.2. The van der Waals surface area contributed by atoms with Crippen LogP contribution in [-0.2, 0) is 10.2 Å². The zero-order chi connectivity index (χ0) is 24.8. The second-order valence-electron chi connectivity index (χ2n) is 8.29. The summed E-state index contributed by atoms with van der Waals surface area (Å²) in [6.07, 6.45) is -6.35. The average molecular weight is 503 g/mol. The summed E-state index contributed by atoms with van der Waals surface area (Å²) in [6, 6.07) is 8.26. The molecule has 0 aliphatic rings. The van der Waals surface area contributed by atoms with Crippen molar-refractivity contribution in [2.24, 2.45) is 0 Å². The van der Waals surface area contributed by atoms with Crippen LogP contribution in [0.1, 0.15) is 31.5 Å². The van der Waals surface area contributed by atoms with Crippen molar-refractivity contribution in [2.45, 2.75) is 44.4 Å². The molecule has 1 heterocycles. The molecule has 0 fully saturated rings. The minimum absolute atomic E-state index is 0.0328. The van der Waals surface area contributed by atoms with Gasteiger partial charge in [0.05, 0.1) is 21.1 Å². The van der Waals surface area contributed by atoms with Gasteiger partial charge in [-0.2, -0.15) is 13.2 Å². The predicted octanol–water partition coefficient (Wildman–Crippen LogP) is 5.40. The molecule has 1 aromatic heterocycles.